The largest absolute Gasteiger partial charge is 0.507 e. The number of nitrogens with zero attached hydrogens (tertiary/aromatic N) is 1. The molecule has 0 spiro atoms. The van der Waals surface area contributed by atoms with E-state index in [0.29, 0.717) is 38.5 Å². The fourth-order valence-corrected chi connectivity index (χ4v) is 4.19. The highest BCUT2D eigenvalue weighted by Gasteiger charge is 2.24. The third-order valence-corrected chi connectivity index (χ3v) is 5.90. The van der Waals surface area contributed by atoms with Crippen molar-refractivity contribution in [2.24, 2.45) is 0 Å². The molecule has 2 heterocycles. The minimum absolute atomic E-state index is 0.0591. The number of rotatable bonds is 5. The Labute approximate surface area is 210 Å². The first kappa shape index (κ1) is 23.2. The number of benzene rings is 3. The maximum atomic E-state index is 13.2. The number of carbonyl (C=O) groups excluding carboxylic acids is 2. The van der Waals surface area contributed by atoms with Crippen LogP contribution in [0.5, 0.6) is 5.75 Å². The first-order valence-electron chi connectivity index (χ1n) is 11.1. The molecular weight excluding hydrogens is 480 g/mol. The highest BCUT2D eigenvalue weighted by Crippen LogP contribution is 2.34. The Morgan fingerprint density at radius 1 is 0.972 bits per heavy atom. The number of aryl methyl sites for hydroxylation is 2. The summed E-state index contributed by atoms with van der Waals surface area (Å²) in [5.74, 6) is -1.04. The van der Waals surface area contributed by atoms with Crippen LogP contribution >= 0.6 is 11.6 Å². The summed E-state index contributed by atoms with van der Waals surface area (Å²) in [7, 11) is 0. The number of fused-ring (bicyclic) bond motifs is 1. The van der Waals surface area contributed by atoms with Crippen molar-refractivity contribution in [2.45, 2.75) is 13.8 Å². The topological polar surface area (TPSA) is 120 Å². The van der Waals surface area contributed by atoms with Gasteiger partial charge in [-0.15, -0.1) is 0 Å². The monoisotopic (exact) mass is 500 g/mol. The van der Waals surface area contributed by atoms with Gasteiger partial charge in [-0.3, -0.25) is 14.7 Å². The fourth-order valence-electron chi connectivity index (χ4n) is 4.00. The van der Waals surface area contributed by atoms with E-state index in [0.717, 1.165) is 5.56 Å². The van der Waals surface area contributed by atoms with Gasteiger partial charge >= 0.3 is 0 Å². The molecule has 0 aliphatic heterocycles. The molecule has 2 aromatic heterocycles. The molecule has 5 rings (SSSR count). The first-order valence-corrected chi connectivity index (χ1v) is 11.4. The van der Waals surface area contributed by atoms with Crippen LogP contribution in [0.1, 0.15) is 32.2 Å². The Hall–Kier alpha value is -4.56. The number of para-hydroxylation sites is 1. The van der Waals surface area contributed by atoms with E-state index < -0.39 is 11.8 Å². The number of halogens is 1. The predicted molar refractivity (Wildman–Crippen MR) is 139 cm³/mol. The summed E-state index contributed by atoms with van der Waals surface area (Å²) in [6.07, 6.45) is 0. The number of aromatic hydroxyl groups is 1. The average molecular weight is 501 g/mol. The third kappa shape index (κ3) is 4.42. The van der Waals surface area contributed by atoms with Crippen molar-refractivity contribution < 1.29 is 19.1 Å². The number of hydrogen-bond acceptors (Lipinski definition) is 5. The number of aromatic nitrogens is 2. The summed E-state index contributed by atoms with van der Waals surface area (Å²) in [5, 5.41) is 23.9. The molecule has 5 aromatic rings. The minimum atomic E-state index is -0.547. The van der Waals surface area contributed by atoms with Crippen molar-refractivity contribution in [2.75, 3.05) is 10.6 Å². The SMILES string of the molecule is Cc1cc(C)c(O)c(-c2cc(C(=O)Nc3c(C(=O)Nc4cccc(Cl)c4)oc4ccccc34)[nH]n2)c1. The molecule has 0 fully saturated rings. The number of phenolic OH excluding ortho intramolecular Hbond substituents is 1. The van der Waals surface area contributed by atoms with Gasteiger partial charge in [0.2, 0.25) is 5.76 Å². The summed E-state index contributed by atoms with van der Waals surface area (Å²) < 4.78 is 5.80. The highest BCUT2D eigenvalue weighted by molar-refractivity contribution is 6.31. The lowest BCUT2D eigenvalue weighted by Crippen LogP contribution is -2.17. The van der Waals surface area contributed by atoms with Crippen LogP contribution in [0.15, 0.2) is 71.1 Å². The molecule has 36 heavy (non-hydrogen) atoms. The van der Waals surface area contributed by atoms with Crippen LogP contribution in [-0.2, 0) is 0 Å². The molecule has 0 radical (unpaired) electrons. The molecule has 0 bridgehead atoms. The molecule has 0 atom stereocenters. The van der Waals surface area contributed by atoms with E-state index in [1.54, 1.807) is 61.5 Å². The molecule has 0 aliphatic carbocycles. The number of aromatic amines is 1. The van der Waals surface area contributed by atoms with Gasteiger partial charge in [0.1, 0.15) is 22.7 Å². The molecule has 2 amide bonds. The number of amides is 2. The molecule has 9 heteroatoms. The zero-order valence-electron chi connectivity index (χ0n) is 19.3. The number of hydrogen-bond donors (Lipinski definition) is 4. The van der Waals surface area contributed by atoms with E-state index in [9.17, 15) is 14.7 Å². The van der Waals surface area contributed by atoms with Crippen LogP contribution in [0, 0.1) is 13.8 Å². The fraction of sp³-hybridized carbons (Fsp3) is 0.0741. The first-order chi connectivity index (χ1) is 17.3. The molecule has 0 saturated heterocycles. The van der Waals surface area contributed by atoms with Gasteiger partial charge in [0.15, 0.2) is 0 Å². The van der Waals surface area contributed by atoms with Crippen molar-refractivity contribution in [3.63, 3.8) is 0 Å². The van der Waals surface area contributed by atoms with Gasteiger partial charge in [0, 0.05) is 21.7 Å². The van der Waals surface area contributed by atoms with Gasteiger partial charge in [0.25, 0.3) is 11.8 Å². The van der Waals surface area contributed by atoms with E-state index in [-0.39, 0.29) is 22.9 Å². The van der Waals surface area contributed by atoms with Crippen LogP contribution in [-0.4, -0.2) is 27.1 Å². The van der Waals surface area contributed by atoms with Gasteiger partial charge in [-0.1, -0.05) is 35.9 Å². The van der Waals surface area contributed by atoms with Crippen molar-refractivity contribution >= 4 is 45.8 Å². The highest BCUT2D eigenvalue weighted by atomic mass is 35.5. The lowest BCUT2D eigenvalue weighted by molar-refractivity contribution is 0.0999. The zero-order chi connectivity index (χ0) is 25.4. The van der Waals surface area contributed by atoms with Crippen LogP contribution in [0.25, 0.3) is 22.2 Å². The number of H-pyrrole nitrogens is 1. The van der Waals surface area contributed by atoms with Crippen LogP contribution in [0.2, 0.25) is 5.02 Å². The van der Waals surface area contributed by atoms with Gasteiger partial charge in [-0.25, -0.2) is 0 Å². The normalized spacial score (nSPS) is 11.0. The molecule has 3 aromatic carbocycles. The smallest absolute Gasteiger partial charge is 0.293 e. The number of furan rings is 1. The number of nitrogens with one attached hydrogen (secondary N) is 3. The van der Waals surface area contributed by atoms with E-state index in [2.05, 4.69) is 20.8 Å². The summed E-state index contributed by atoms with van der Waals surface area (Å²) in [6.45, 7) is 3.71. The van der Waals surface area contributed by atoms with Crippen molar-refractivity contribution in [1.82, 2.24) is 10.2 Å². The van der Waals surface area contributed by atoms with Crippen molar-refractivity contribution in [3.8, 4) is 17.0 Å². The van der Waals surface area contributed by atoms with E-state index in [4.69, 9.17) is 16.0 Å². The lowest BCUT2D eigenvalue weighted by atomic mass is 10.0. The van der Waals surface area contributed by atoms with Crippen LogP contribution in [0.4, 0.5) is 11.4 Å². The van der Waals surface area contributed by atoms with E-state index in [1.807, 2.05) is 13.0 Å². The Morgan fingerprint density at radius 3 is 2.58 bits per heavy atom. The Balaban J connectivity index is 1.46. The van der Waals surface area contributed by atoms with Crippen molar-refractivity contribution in [3.05, 3.63) is 94.3 Å². The Kier molecular flexibility index (Phi) is 5.95. The van der Waals surface area contributed by atoms with Crippen molar-refractivity contribution in [1.29, 1.82) is 0 Å². The van der Waals surface area contributed by atoms with Gasteiger partial charge in [-0.2, -0.15) is 5.10 Å². The lowest BCUT2D eigenvalue weighted by Gasteiger charge is -2.07. The quantitative estimate of drug-likeness (QED) is 0.225. The number of anilines is 2. The molecule has 180 valence electrons. The van der Waals surface area contributed by atoms with Gasteiger partial charge in [0.05, 0.1) is 5.69 Å². The summed E-state index contributed by atoms with van der Waals surface area (Å²) in [5.41, 5.74) is 3.88. The maximum Gasteiger partial charge on any atom is 0.293 e. The van der Waals surface area contributed by atoms with Crippen LogP contribution in [0.3, 0.4) is 0 Å². The zero-order valence-corrected chi connectivity index (χ0v) is 20.1. The van der Waals surface area contributed by atoms with E-state index >= 15 is 0 Å². The van der Waals surface area contributed by atoms with Gasteiger partial charge in [-0.05, 0) is 67.4 Å². The molecule has 8 nitrogen and oxygen atoms in total. The molecular formula is C27H21ClN4O4. The molecule has 4 N–H and O–H groups in total. The second kappa shape index (κ2) is 9.24. The standard InChI is InChI=1S/C27H21ClN4O4/c1-14-10-15(2)24(33)19(11-14)20-13-21(32-31-20)26(34)30-23-18-8-3-4-9-22(18)36-25(23)27(35)29-17-7-5-6-16(28)12-17/h3-13,33H,1-2H3,(H,29,35)(H,30,34)(H,31,32). The second-order valence-corrected chi connectivity index (χ2v) is 8.80. The number of carbonyl (C=O) groups is 2. The van der Waals surface area contributed by atoms with Crippen LogP contribution < -0.4 is 10.6 Å². The third-order valence-electron chi connectivity index (χ3n) is 5.67. The average Bonchev–Trinajstić information content (AvgIpc) is 3.47. The summed E-state index contributed by atoms with van der Waals surface area (Å²) >= 11 is 6.02. The maximum absolute atomic E-state index is 13.2. The molecule has 0 saturated carbocycles. The molecule has 0 unspecified atom stereocenters. The number of phenols is 1. The minimum Gasteiger partial charge on any atom is -0.507 e. The summed E-state index contributed by atoms with van der Waals surface area (Å²) in [6, 6.07) is 18.9. The Morgan fingerprint density at radius 2 is 1.78 bits per heavy atom. The van der Waals surface area contributed by atoms with Gasteiger partial charge < -0.3 is 20.2 Å². The van der Waals surface area contributed by atoms with E-state index in [1.165, 1.54) is 6.07 Å². The predicted octanol–water partition coefficient (Wildman–Crippen LogP) is 6.30. The second-order valence-electron chi connectivity index (χ2n) is 8.37. The summed E-state index contributed by atoms with van der Waals surface area (Å²) in [4.78, 5) is 26.2. The Bertz CT molecular complexity index is 1640. The molecule has 0 aliphatic rings.